The Hall–Kier alpha value is -1.10. The molecule has 0 spiro atoms. The number of carbonyl (C=O) groups is 2. The third kappa shape index (κ3) is 2.61. The summed E-state index contributed by atoms with van der Waals surface area (Å²) in [6.45, 7) is 1.34. The van der Waals surface area contributed by atoms with E-state index in [0.29, 0.717) is 31.5 Å². The van der Waals surface area contributed by atoms with Gasteiger partial charge in [-0.25, -0.2) is 4.79 Å². The molecule has 3 atom stereocenters. The fourth-order valence-corrected chi connectivity index (χ4v) is 3.69. The van der Waals surface area contributed by atoms with Crippen LogP contribution < -0.4 is 5.32 Å². The van der Waals surface area contributed by atoms with Crippen LogP contribution in [0.5, 0.6) is 0 Å². The smallest absolute Gasteiger partial charge is 0.326 e. The van der Waals surface area contributed by atoms with Crippen LogP contribution in [-0.4, -0.2) is 47.1 Å². The van der Waals surface area contributed by atoms with Gasteiger partial charge in [-0.15, -0.1) is 0 Å². The largest absolute Gasteiger partial charge is 0.480 e. The Kier molecular flexibility index (Phi) is 3.48. The van der Waals surface area contributed by atoms with Crippen molar-refractivity contribution in [3.8, 4) is 0 Å². The van der Waals surface area contributed by atoms with Crippen LogP contribution in [0, 0.1) is 11.8 Å². The van der Waals surface area contributed by atoms with Crippen molar-refractivity contribution in [2.75, 3.05) is 13.1 Å². The number of hydrogen-bond acceptors (Lipinski definition) is 3. The van der Waals surface area contributed by atoms with Gasteiger partial charge in [0, 0.05) is 25.6 Å². The summed E-state index contributed by atoms with van der Waals surface area (Å²) >= 11 is 0. The molecule has 1 amide bonds. The molecule has 0 radical (unpaired) electrons. The van der Waals surface area contributed by atoms with Crippen LogP contribution in [0.15, 0.2) is 0 Å². The molecule has 3 fully saturated rings. The Morgan fingerprint density at radius 2 is 2.00 bits per heavy atom. The van der Waals surface area contributed by atoms with E-state index in [2.05, 4.69) is 5.32 Å². The number of hydrogen-bond donors (Lipinski definition) is 2. The van der Waals surface area contributed by atoms with Crippen LogP contribution in [0.25, 0.3) is 0 Å². The van der Waals surface area contributed by atoms with Gasteiger partial charge in [-0.2, -0.15) is 0 Å². The highest BCUT2D eigenvalue weighted by Gasteiger charge is 2.49. The van der Waals surface area contributed by atoms with Crippen molar-refractivity contribution in [3.05, 3.63) is 0 Å². The van der Waals surface area contributed by atoms with E-state index in [1.165, 1.54) is 12.8 Å². The third-order valence-electron chi connectivity index (χ3n) is 4.81. The van der Waals surface area contributed by atoms with E-state index in [9.17, 15) is 14.7 Å². The molecule has 1 saturated heterocycles. The van der Waals surface area contributed by atoms with Crippen LogP contribution in [0.2, 0.25) is 0 Å². The van der Waals surface area contributed by atoms with E-state index in [-0.39, 0.29) is 11.8 Å². The summed E-state index contributed by atoms with van der Waals surface area (Å²) in [5.74, 6) is -0.202. The van der Waals surface area contributed by atoms with Crippen molar-refractivity contribution in [2.45, 2.75) is 50.6 Å². The minimum Gasteiger partial charge on any atom is -0.480 e. The number of nitrogens with one attached hydrogen (secondary N) is 1. The van der Waals surface area contributed by atoms with Gasteiger partial charge in [-0.1, -0.05) is 6.42 Å². The van der Waals surface area contributed by atoms with Gasteiger partial charge < -0.3 is 15.3 Å². The molecule has 2 saturated carbocycles. The summed E-state index contributed by atoms with van der Waals surface area (Å²) in [6.07, 6.45) is 6.01. The van der Waals surface area contributed by atoms with Gasteiger partial charge in [0.1, 0.15) is 6.04 Å². The number of aliphatic carboxylic acids is 1. The lowest BCUT2D eigenvalue weighted by Gasteiger charge is -2.24. The third-order valence-corrected chi connectivity index (χ3v) is 4.81. The lowest BCUT2D eigenvalue weighted by atomic mass is 9.94. The fourth-order valence-electron chi connectivity index (χ4n) is 3.69. The van der Waals surface area contributed by atoms with E-state index in [1.807, 2.05) is 0 Å². The Balaban J connectivity index is 1.58. The monoisotopic (exact) mass is 266 g/mol. The minimum absolute atomic E-state index is 0.00921. The minimum atomic E-state index is -0.821. The second-order valence-electron chi connectivity index (χ2n) is 6.16. The highest BCUT2D eigenvalue weighted by atomic mass is 16.4. The van der Waals surface area contributed by atoms with Gasteiger partial charge >= 0.3 is 5.97 Å². The number of amides is 1. The molecule has 5 nitrogen and oxygen atoms in total. The molecule has 1 aliphatic heterocycles. The van der Waals surface area contributed by atoms with Crippen molar-refractivity contribution in [2.24, 2.45) is 11.8 Å². The summed E-state index contributed by atoms with van der Waals surface area (Å²) < 4.78 is 0. The Labute approximate surface area is 113 Å². The Morgan fingerprint density at radius 3 is 2.68 bits per heavy atom. The first-order chi connectivity index (χ1) is 9.16. The maximum absolute atomic E-state index is 12.2. The average molecular weight is 266 g/mol. The van der Waals surface area contributed by atoms with Crippen LogP contribution in [0.4, 0.5) is 0 Å². The number of nitrogens with zero attached hydrogens (tertiary/aromatic N) is 1. The van der Waals surface area contributed by atoms with Gasteiger partial charge in [0.15, 0.2) is 0 Å². The number of carbonyl (C=O) groups excluding carboxylic acids is 1. The molecule has 3 unspecified atom stereocenters. The van der Waals surface area contributed by atoms with Crippen molar-refractivity contribution < 1.29 is 14.7 Å². The van der Waals surface area contributed by atoms with Crippen LogP contribution >= 0.6 is 0 Å². The van der Waals surface area contributed by atoms with Gasteiger partial charge in [0.25, 0.3) is 0 Å². The molecule has 0 aromatic heterocycles. The molecule has 0 aromatic rings. The predicted octanol–water partition coefficient (Wildman–Crippen LogP) is 0.840. The van der Waals surface area contributed by atoms with Gasteiger partial charge in [-0.3, -0.25) is 4.79 Å². The molecule has 0 aromatic carbocycles. The van der Waals surface area contributed by atoms with E-state index < -0.39 is 12.0 Å². The second-order valence-corrected chi connectivity index (χ2v) is 6.16. The lowest BCUT2D eigenvalue weighted by molar-refractivity contribution is -0.149. The quantitative estimate of drug-likeness (QED) is 0.773. The zero-order valence-corrected chi connectivity index (χ0v) is 11.2. The molecule has 3 rings (SSSR count). The first kappa shape index (κ1) is 12.9. The molecular formula is C14H22N2O3. The van der Waals surface area contributed by atoms with Crippen LogP contribution in [0.3, 0.4) is 0 Å². The lowest BCUT2D eigenvalue weighted by Crippen LogP contribution is -2.44. The van der Waals surface area contributed by atoms with E-state index >= 15 is 0 Å². The Morgan fingerprint density at radius 1 is 1.21 bits per heavy atom. The molecule has 106 valence electrons. The summed E-state index contributed by atoms with van der Waals surface area (Å²) in [5, 5.41) is 12.7. The Bertz CT molecular complexity index is 381. The van der Waals surface area contributed by atoms with E-state index in [4.69, 9.17) is 0 Å². The normalized spacial score (nSPS) is 33.5. The highest BCUT2D eigenvalue weighted by Crippen LogP contribution is 2.42. The number of fused-ring (bicyclic) bond motifs is 1. The van der Waals surface area contributed by atoms with Gasteiger partial charge in [0.05, 0.1) is 0 Å². The fraction of sp³-hybridized carbons (Fsp3) is 0.857. The van der Waals surface area contributed by atoms with Crippen molar-refractivity contribution in [1.82, 2.24) is 10.2 Å². The van der Waals surface area contributed by atoms with Gasteiger partial charge in [0.2, 0.25) is 5.91 Å². The molecule has 2 aliphatic carbocycles. The average Bonchev–Trinajstić information content (AvgIpc) is 2.94. The second kappa shape index (κ2) is 5.12. The molecule has 3 aliphatic rings. The van der Waals surface area contributed by atoms with Gasteiger partial charge in [-0.05, 0) is 37.5 Å². The van der Waals surface area contributed by atoms with Crippen LogP contribution in [0.1, 0.15) is 38.5 Å². The zero-order valence-electron chi connectivity index (χ0n) is 11.2. The summed E-state index contributed by atoms with van der Waals surface area (Å²) in [7, 11) is 0. The zero-order chi connectivity index (χ0) is 13.4. The predicted molar refractivity (Wildman–Crippen MR) is 69.6 cm³/mol. The van der Waals surface area contributed by atoms with Crippen molar-refractivity contribution in [1.29, 1.82) is 0 Å². The molecule has 0 bridgehead atoms. The molecule has 2 N–H and O–H groups in total. The topological polar surface area (TPSA) is 69.6 Å². The molecule has 19 heavy (non-hydrogen) atoms. The number of likely N-dealkylation sites (tertiary alicyclic amines) is 1. The first-order valence-corrected chi connectivity index (χ1v) is 7.42. The SMILES string of the molecule is O=C(O)C1C2CCCC2CN1C(=O)CCNC1CC1. The molecule has 1 heterocycles. The first-order valence-electron chi connectivity index (χ1n) is 7.42. The van der Waals surface area contributed by atoms with Crippen molar-refractivity contribution >= 4 is 11.9 Å². The highest BCUT2D eigenvalue weighted by molar-refractivity contribution is 5.84. The number of rotatable bonds is 5. The van der Waals surface area contributed by atoms with Crippen LogP contribution in [-0.2, 0) is 9.59 Å². The summed E-state index contributed by atoms with van der Waals surface area (Å²) in [5.41, 5.74) is 0. The molecular weight excluding hydrogens is 244 g/mol. The standard InChI is InChI=1S/C14H22N2O3/c17-12(6-7-15-10-4-5-10)16-8-9-2-1-3-11(9)13(16)14(18)19/h9-11,13,15H,1-8H2,(H,18,19). The maximum Gasteiger partial charge on any atom is 0.326 e. The van der Waals surface area contributed by atoms with E-state index in [0.717, 1.165) is 19.3 Å². The number of carboxylic acid groups (broad SMARTS) is 1. The number of carboxylic acids is 1. The van der Waals surface area contributed by atoms with Crippen molar-refractivity contribution in [3.63, 3.8) is 0 Å². The summed E-state index contributed by atoms with van der Waals surface area (Å²) in [4.78, 5) is 25.3. The summed E-state index contributed by atoms with van der Waals surface area (Å²) in [6, 6.07) is 0.0296. The van der Waals surface area contributed by atoms with E-state index in [1.54, 1.807) is 4.90 Å². The molecule has 5 heteroatoms. The maximum atomic E-state index is 12.2.